The molecule has 0 atom stereocenters. The van der Waals surface area contributed by atoms with Crippen molar-refractivity contribution in [3.8, 4) is 0 Å². The molecule has 0 aromatic carbocycles. The number of aryl methyl sites for hydroxylation is 1. The van der Waals surface area contributed by atoms with Crippen molar-refractivity contribution < 1.29 is 0 Å². The number of hydrogen-bond donors (Lipinski definition) is 3. The van der Waals surface area contributed by atoms with Gasteiger partial charge in [0.1, 0.15) is 17.5 Å². The third-order valence-electron chi connectivity index (χ3n) is 2.23. The molecule has 0 amide bonds. The minimum absolute atomic E-state index is 0.201. The molecule has 4 N–H and O–H groups in total. The maximum absolute atomic E-state index is 11.2. The van der Waals surface area contributed by atoms with Gasteiger partial charge in [-0.2, -0.15) is 0 Å². The predicted octanol–water partition coefficient (Wildman–Crippen LogP) is 0.785. The van der Waals surface area contributed by atoms with Crippen LogP contribution in [0.5, 0.6) is 0 Å². The van der Waals surface area contributed by atoms with E-state index in [1.54, 1.807) is 7.05 Å². The molecule has 0 radical (unpaired) electrons. The maximum atomic E-state index is 11.2. The normalized spacial score (nSPS) is 10.4. The molecule has 0 aliphatic rings. The summed E-state index contributed by atoms with van der Waals surface area (Å²) >= 11 is 1.33. The van der Waals surface area contributed by atoms with Gasteiger partial charge in [-0.15, -0.1) is 0 Å². The van der Waals surface area contributed by atoms with Crippen LogP contribution < -0.4 is 16.6 Å². The van der Waals surface area contributed by atoms with E-state index in [0.29, 0.717) is 16.7 Å². The van der Waals surface area contributed by atoms with E-state index in [1.165, 1.54) is 17.8 Å². The number of nitrogens with one attached hydrogen (secondary N) is 2. The molecule has 0 aliphatic carbocycles. The number of rotatable bonds is 4. The Hall–Kier alpha value is -2.09. The first-order chi connectivity index (χ1) is 9.06. The monoisotopic (exact) mass is 278 g/mol. The highest BCUT2D eigenvalue weighted by atomic mass is 32.2. The lowest BCUT2D eigenvalue weighted by molar-refractivity contribution is 0.936. The van der Waals surface area contributed by atoms with E-state index in [9.17, 15) is 4.79 Å². The summed E-state index contributed by atoms with van der Waals surface area (Å²) in [5.41, 5.74) is 6.12. The summed E-state index contributed by atoms with van der Waals surface area (Å²) in [5, 5.41) is 3.43. The third kappa shape index (κ3) is 3.68. The number of aromatic nitrogens is 4. The number of nitrogens with zero attached hydrogens (tertiary/aromatic N) is 3. The highest BCUT2D eigenvalue weighted by molar-refractivity contribution is 7.98. The zero-order valence-corrected chi connectivity index (χ0v) is 11.4. The van der Waals surface area contributed by atoms with Crippen LogP contribution >= 0.6 is 11.8 Å². The summed E-state index contributed by atoms with van der Waals surface area (Å²) in [6, 6.07) is 3.10. The van der Waals surface area contributed by atoms with Crippen molar-refractivity contribution in [2.75, 3.05) is 18.1 Å². The molecule has 2 rings (SSSR count). The number of nitrogens with two attached hydrogens (primary N) is 1. The molecule has 0 saturated carbocycles. The second kappa shape index (κ2) is 5.70. The largest absolute Gasteiger partial charge is 0.383 e. The van der Waals surface area contributed by atoms with Gasteiger partial charge in [-0.1, -0.05) is 11.8 Å². The smallest absolute Gasteiger partial charge is 0.253 e. The molecule has 0 aliphatic heterocycles. The fraction of sp³-hybridized carbons (Fsp3) is 0.273. The highest BCUT2D eigenvalue weighted by Gasteiger charge is 2.05. The second-order valence-electron chi connectivity index (χ2n) is 3.82. The van der Waals surface area contributed by atoms with E-state index < -0.39 is 0 Å². The van der Waals surface area contributed by atoms with Crippen molar-refractivity contribution >= 4 is 23.4 Å². The van der Waals surface area contributed by atoms with E-state index in [2.05, 4.69) is 25.3 Å². The van der Waals surface area contributed by atoms with Gasteiger partial charge in [-0.25, -0.2) is 15.0 Å². The van der Waals surface area contributed by atoms with Crippen LogP contribution in [-0.4, -0.2) is 27.0 Å². The zero-order chi connectivity index (χ0) is 13.8. The van der Waals surface area contributed by atoms with Gasteiger partial charge in [-0.05, 0) is 6.92 Å². The first-order valence-corrected chi connectivity index (χ1v) is 6.57. The first kappa shape index (κ1) is 13.3. The summed E-state index contributed by atoms with van der Waals surface area (Å²) < 4.78 is 0. The number of thioether (sulfide) groups is 1. The van der Waals surface area contributed by atoms with Crippen molar-refractivity contribution in [1.82, 2.24) is 19.9 Å². The van der Waals surface area contributed by atoms with Crippen LogP contribution in [0.1, 0.15) is 11.5 Å². The van der Waals surface area contributed by atoms with Crippen LogP contribution in [0.2, 0.25) is 0 Å². The molecular formula is C11H14N6OS. The first-order valence-electron chi connectivity index (χ1n) is 5.59. The Morgan fingerprint density at radius 3 is 2.84 bits per heavy atom. The Balaban J connectivity index is 2.14. The molecule has 8 heteroatoms. The molecule has 0 saturated heterocycles. The van der Waals surface area contributed by atoms with E-state index in [0.717, 1.165) is 11.5 Å². The molecule has 2 aromatic rings. The van der Waals surface area contributed by atoms with Crippen molar-refractivity contribution in [2.24, 2.45) is 0 Å². The molecule has 2 heterocycles. The third-order valence-corrected chi connectivity index (χ3v) is 3.10. The number of anilines is 2. The number of aromatic amines is 1. The average Bonchev–Trinajstić information content (AvgIpc) is 2.34. The van der Waals surface area contributed by atoms with Gasteiger partial charge in [-0.3, -0.25) is 4.79 Å². The fourth-order valence-corrected chi connectivity index (χ4v) is 2.21. The Bertz CT molecular complexity index is 641. The van der Waals surface area contributed by atoms with Gasteiger partial charge < -0.3 is 16.0 Å². The summed E-state index contributed by atoms with van der Waals surface area (Å²) in [5.74, 6) is 2.13. The van der Waals surface area contributed by atoms with Gasteiger partial charge in [0.15, 0.2) is 5.16 Å². The minimum Gasteiger partial charge on any atom is -0.383 e. The van der Waals surface area contributed by atoms with Crippen LogP contribution in [0.3, 0.4) is 0 Å². The van der Waals surface area contributed by atoms with E-state index >= 15 is 0 Å². The maximum Gasteiger partial charge on any atom is 0.253 e. The molecule has 0 bridgehead atoms. The summed E-state index contributed by atoms with van der Waals surface area (Å²) in [6.07, 6.45) is 0. The van der Waals surface area contributed by atoms with Crippen LogP contribution in [0.4, 0.5) is 11.6 Å². The fourth-order valence-electron chi connectivity index (χ4n) is 1.48. The van der Waals surface area contributed by atoms with Crippen molar-refractivity contribution in [2.45, 2.75) is 17.8 Å². The molecule has 0 spiro atoms. The Labute approximate surface area is 114 Å². The van der Waals surface area contributed by atoms with Crippen LogP contribution in [0, 0.1) is 6.92 Å². The quantitative estimate of drug-likeness (QED) is 0.560. The van der Waals surface area contributed by atoms with Gasteiger partial charge in [0, 0.05) is 24.9 Å². The van der Waals surface area contributed by atoms with Crippen LogP contribution in [-0.2, 0) is 5.75 Å². The molecule has 2 aromatic heterocycles. The highest BCUT2D eigenvalue weighted by Crippen LogP contribution is 2.17. The average molecular weight is 278 g/mol. The molecule has 100 valence electrons. The molecule has 0 fully saturated rings. The molecule has 19 heavy (non-hydrogen) atoms. The van der Waals surface area contributed by atoms with Crippen LogP contribution in [0.15, 0.2) is 22.1 Å². The summed E-state index contributed by atoms with van der Waals surface area (Å²) in [7, 11) is 1.80. The van der Waals surface area contributed by atoms with Gasteiger partial charge >= 0.3 is 0 Å². The van der Waals surface area contributed by atoms with E-state index in [1.807, 2.05) is 13.0 Å². The number of nitrogen functional groups attached to an aromatic ring is 1. The Morgan fingerprint density at radius 1 is 1.37 bits per heavy atom. The van der Waals surface area contributed by atoms with E-state index in [-0.39, 0.29) is 11.4 Å². The second-order valence-corrected chi connectivity index (χ2v) is 4.79. The van der Waals surface area contributed by atoms with Gasteiger partial charge in [0.05, 0.1) is 5.75 Å². The van der Waals surface area contributed by atoms with Crippen molar-refractivity contribution in [1.29, 1.82) is 0 Å². The molecule has 7 nitrogen and oxygen atoms in total. The molecule has 0 unspecified atom stereocenters. The lowest BCUT2D eigenvalue weighted by Gasteiger charge is -2.05. The Morgan fingerprint density at radius 2 is 2.16 bits per heavy atom. The van der Waals surface area contributed by atoms with E-state index in [4.69, 9.17) is 5.73 Å². The summed E-state index contributed by atoms with van der Waals surface area (Å²) in [6.45, 7) is 1.90. The van der Waals surface area contributed by atoms with Gasteiger partial charge in [0.2, 0.25) is 0 Å². The predicted molar refractivity (Wildman–Crippen MR) is 75.1 cm³/mol. The van der Waals surface area contributed by atoms with Crippen molar-refractivity contribution in [3.63, 3.8) is 0 Å². The van der Waals surface area contributed by atoms with Gasteiger partial charge in [0.25, 0.3) is 5.56 Å². The topological polar surface area (TPSA) is 110 Å². The van der Waals surface area contributed by atoms with Crippen LogP contribution in [0.25, 0.3) is 0 Å². The van der Waals surface area contributed by atoms with Crippen molar-refractivity contribution in [3.05, 3.63) is 34.0 Å². The minimum atomic E-state index is -0.268. The lowest BCUT2D eigenvalue weighted by Crippen LogP contribution is -2.09. The SMILES string of the molecule is CNc1cc(C)nc(CSc2nc(N)cc(=O)[nH]2)n1. The zero-order valence-electron chi connectivity index (χ0n) is 10.6. The summed E-state index contributed by atoms with van der Waals surface area (Å²) in [4.78, 5) is 26.5. The Kier molecular flexibility index (Phi) is 4.00. The molecular weight excluding hydrogens is 264 g/mol. The number of hydrogen-bond acceptors (Lipinski definition) is 7. The number of H-pyrrole nitrogens is 1. The standard InChI is InChI=1S/C11H14N6OS/c1-6-3-8(13-2)16-9(14-6)5-19-11-15-7(12)4-10(18)17-11/h3-4H,5H2,1-2H3,(H,13,14,16)(H3,12,15,17,18). The lowest BCUT2D eigenvalue weighted by atomic mass is 10.4.